The van der Waals surface area contributed by atoms with Gasteiger partial charge in [-0.15, -0.1) is 0 Å². The highest BCUT2D eigenvalue weighted by molar-refractivity contribution is 7.99. The summed E-state index contributed by atoms with van der Waals surface area (Å²) in [6.07, 6.45) is 0. The van der Waals surface area contributed by atoms with Gasteiger partial charge in [-0.3, -0.25) is 0 Å². The van der Waals surface area contributed by atoms with Crippen LogP contribution in [0.2, 0.25) is 0 Å². The minimum absolute atomic E-state index is 0.148. The summed E-state index contributed by atoms with van der Waals surface area (Å²) in [6.45, 7) is 4.10. The molecule has 4 heteroatoms. The normalized spacial score (nSPS) is 10.4. The van der Waals surface area contributed by atoms with E-state index in [0.29, 0.717) is 0 Å². The molecule has 0 heterocycles. The molecular formula is C15H15NO2S. The van der Waals surface area contributed by atoms with E-state index >= 15 is 0 Å². The summed E-state index contributed by atoms with van der Waals surface area (Å²) in [5.74, 6) is -0.999. The van der Waals surface area contributed by atoms with E-state index < -0.39 is 5.97 Å². The van der Waals surface area contributed by atoms with Gasteiger partial charge in [-0.1, -0.05) is 29.5 Å². The second-order valence-corrected chi connectivity index (χ2v) is 5.54. The predicted octanol–water partition coefficient (Wildman–Crippen LogP) is 3.74. The van der Waals surface area contributed by atoms with Crippen LogP contribution in [0.4, 0.5) is 5.69 Å². The molecule has 98 valence electrons. The van der Waals surface area contributed by atoms with Crippen LogP contribution in [-0.4, -0.2) is 11.1 Å². The van der Waals surface area contributed by atoms with Crippen molar-refractivity contribution < 1.29 is 9.90 Å². The Balaban J connectivity index is 2.33. The lowest BCUT2D eigenvalue weighted by Gasteiger charge is -2.08. The maximum Gasteiger partial charge on any atom is 0.337 e. The summed E-state index contributed by atoms with van der Waals surface area (Å²) in [4.78, 5) is 13.0. The summed E-state index contributed by atoms with van der Waals surface area (Å²) < 4.78 is 0. The molecule has 2 aromatic rings. The topological polar surface area (TPSA) is 63.3 Å². The Bertz CT molecular complexity index is 638. The molecule has 0 radical (unpaired) electrons. The van der Waals surface area contributed by atoms with Gasteiger partial charge in [-0.2, -0.15) is 0 Å². The Morgan fingerprint density at radius 3 is 2.53 bits per heavy atom. The first kappa shape index (κ1) is 13.5. The molecule has 0 saturated heterocycles. The number of hydrogen-bond acceptors (Lipinski definition) is 3. The van der Waals surface area contributed by atoms with Crippen molar-refractivity contribution in [2.24, 2.45) is 0 Å². The van der Waals surface area contributed by atoms with Gasteiger partial charge in [-0.25, -0.2) is 4.79 Å². The first-order chi connectivity index (χ1) is 8.97. The van der Waals surface area contributed by atoms with Gasteiger partial charge in [0, 0.05) is 15.5 Å². The zero-order valence-corrected chi connectivity index (χ0v) is 11.6. The molecule has 2 rings (SSSR count). The van der Waals surface area contributed by atoms with Crippen molar-refractivity contribution in [3.63, 3.8) is 0 Å². The van der Waals surface area contributed by atoms with Crippen LogP contribution in [0.15, 0.2) is 46.2 Å². The van der Waals surface area contributed by atoms with Crippen molar-refractivity contribution in [2.75, 3.05) is 5.73 Å². The van der Waals surface area contributed by atoms with E-state index in [4.69, 9.17) is 10.8 Å². The molecule has 0 aliphatic rings. The van der Waals surface area contributed by atoms with E-state index in [-0.39, 0.29) is 11.3 Å². The Morgan fingerprint density at radius 1 is 1.16 bits per heavy atom. The second kappa shape index (κ2) is 5.36. The lowest BCUT2D eigenvalue weighted by molar-refractivity contribution is 0.0698. The molecular weight excluding hydrogens is 258 g/mol. The molecule has 0 amide bonds. The van der Waals surface area contributed by atoms with E-state index in [2.05, 4.69) is 6.07 Å². The first-order valence-corrected chi connectivity index (χ1v) is 6.67. The summed E-state index contributed by atoms with van der Waals surface area (Å²) in [5.41, 5.74) is 8.47. The highest BCUT2D eigenvalue weighted by Gasteiger charge is 2.10. The van der Waals surface area contributed by atoms with Crippen LogP contribution in [0.5, 0.6) is 0 Å². The number of carboxylic acid groups (broad SMARTS) is 1. The van der Waals surface area contributed by atoms with Crippen molar-refractivity contribution in [2.45, 2.75) is 23.6 Å². The number of anilines is 1. The molecule has 2 aromatic carbocycles. The lowest BCUT2D eigenvalue weighted by Crippen LogP contribution is -2.02. The molecule has 0 atom stereocenters. The second-order valence-electron chi connectivity index (χ2n) is 4.43. The quantitative estimate of drug-likeness (QED) is 0.836. The molecule has 0 saturated carbocycles. The van der Waals surface area contributed by atoms with Crippen LogP contribution in [-0.2, 0) is 0 Å². The Hall–Kier alpha value is -1.94. The van der Waals surface area contributed by atoms with Gasteiger partial charge in [-0.05, 0) is 43.7 Å². The van der Waals surface area contributed by atoms with Crippen molar-refractivity contribution in [3.05, 3.63) is 53.1 Å². The highest BCUT2D eigenvalue weighted by atomic mass is 32.2. The fraction of sp³-hybridized carbons (Fsp3) is 0.133. The van der Waals surface area contributed by atoms with Crippen LogP contribution < -0.4 is 5.73 Å². The van der Waals surface area contributed by atoms with Gasteiger partial charge < -0.3 is 10.8 Å². The molecule has 0 unspecified atom stereocenters. The summed E-state index contributed by atoms with van der Waals surface area (Å²) in [7, 11) is 0. The standard InChI is InChI=1S/C15H15NO2S/c1-9-3-6-14(10(2)7-9)19-11-4-5-13(16)12(8-11)15(17)18/h3-8H,16H2,1-2H3,(H,17,18). The number of aromatic carboxylic acids is 1. The van der Waals surface area contributed by atoms with E-state index in [1.165, 1.54) is 11.1 Å². The van der Waals surface area contributed by atoms with Crippen LogP contribution in [0.1, 0.15) is 21.5 Å². The number of nitrogens with two attached hydrogens (primary N) is 1. The third-order valence-corrected chi connectivity index (χ3v) is 3.98. The summed E-state index contributed by atoms with van der Waals surface area (Å²) >= 11 is 1.54. The smallest absolute Gasteiger partial charge is 0.337 e. The molecule has 0 aliphatic heterocycles. The fourth-order valence-corrected chi connectivity index (χ4v) is 2.75. The molecule has 0 bridgehead atoms. The minimum Gasteiger partial charge on any atom is -0.478 e. The average Bonchev–Trinajstić information content (AvgIpc) is 2.34. The average molecular weight is 273 g/mol. The van der Waals surface area contributed by atoms with Gasteiger partial charge in [0.1, 0.15) is 0 Å². The van der Waals surface area contributed by atoms with E-state index in [9.17, 15) is 4.79 Å². The molecule has 0 fully saturated rings. The monoisotopic (exact) mass is 273 g/mol. The van der Waals surface area contributed by atoms with Crippen LogP contribution >= 0.6 is 11.8 Å². The fourth-order valence-electron chi connectivity index (χ4n) is 1.82. The van der Waals surface area contributed by atoms with Crippen molar-refractivity contribution in [1.82, 2.24) is 0 Å². The Labute approximate surface area is 116 Å². The van der Waals surface area contributed by atoms with E-state index in [1.807, 2.05) is 32.0 Å². The number of hydrogen-bond donors (Lipinski definition) is 2. The maximum absolute atomic E-state index is 11.0. The molecule has 0 aliphatic carbocycles. The highest BCUT2D eigenvalue weighted by Crippen LogP contribution is 2.32. The zero-order chi connectivity index (χ0) is 14.0. The number of carboxylic acids is 1. The largest absolute Gasteiger partial charge is 0.478 e. The van der Waals surface area contributed by atoms with Crippen molar-refractivity contribution in [1.29, 1.82) is 0 Å². The van der Waals surface area contributed by atoms with Gasteiger partial charge >= 0.3 is 5.97 Å². The van der Waals surface area contributed by atoms with E-state index in [0.717, 1.165) is 9.79 Å². The predicted molar refractivity (Wildman–Crippen MR) is 77.9 cm³/mol. The van der Waals surface area contributed by atoms with Crippen LogP contribution in [0, 0.1) is 13.8 Å². The van der Waals surface area contributed by atoms with Gasteiger partial charge in [0.15, 0.2) is 0 Å². The van der Waals surface area contributed by atoms with Crippen LogP contribution in [0.25, 0.3) is 0 Å². The molecule has 19 heavy (non-hydrogen) atoms. The molecule has 0 spiro atoms. The Morgan fingerprint density at radius 2 is 1.89 bits per heavy atom. The third kappa shape index (κ3) is 3.09. The lowest BCUT2D eigenvalue weighted by atomic mass is 10.2. The number of carbonyl (C=O) groups is 1. The SMILES string of the molecule is Cc1ccc(Sc2ccc(N)c(C(=O)O)c2)c(C)c1. The molecule has 3 nitrogen and oxygen atoms in total. The first-order valence-electron chi connectivity index (χ1n) is 5.85. The molecule has 0 aromatic heterocycles. The maximum atomic E-state index is 11.0. The van der Waals surface area contributed by atoms with Crippen molar-refractivity contribution in [3.8, 4) is 0 Å². The number of benzene rings is 2. The van der Waals surface area contributed by atoms with E-state index in [1.54, 1.807) is 23.9 Å². The van der Waals surface area contributed by atoms with Gasteiger partial charge in [0.25, 0.3) is 0 Å². The number of aryl methyl sites for hydroxylation is 2. The van der Waals surface area contributed by atoms with Crippen LogP contribution in [0.3, 0.4) is 0 Å². The van der Waals surface area contributed by atoms with Gasteiger partial charge in [0.05, 0.1) is 5.56 Å². The summed E-state index contributed by atoms with van der Waals surface area (Å²) in [5, 5.41) is 9.06. The number of rotatable bonds is 3. The Kier molecular flexibility index (Phi) is 3.81. The zero-order valence-electron chi connectivity index (χ0n) is 10.8. The summed E-state index contributed by atoms with van der Waals surface area (Å²) in [6, 6.07) is 11.3. The van der Waals surface area contributed by atoms with Gasteiger partial charge in [0.2, 0.25) is 0 Å². The number of nitrogen functional groups attached to an aromatic ring is 1. The molecule has 3 N–H and O–H groups in total. The minimum atomic E-state index is -0.999. The third-order valence-electron chi connectivity index (χ3n) is 2.81. The van der Waals surface area contributed by atoms with Crippen molar-refractivity contribution >= 4 is 23.4 Å².